The molecule has 0 aliphatic heterocycles. The van der Waals surface area contributed by atoms with Crippen LogP contribution in [0.15, 0.2) is 18.2 Å². The largest absolute Gasteiger partial charge is 0.412 e. The number of aryl methyl sites for hydroxylation is 1. The molecule has 3 N–H and O–H groups in total. The highest BCUT2D eigenvalue weighted by Crippen LogP contribution is 2.22. The Morgan fingerprint density at radius 2 is 1.85 bits per heavy atom. The first-order valence-corrected chi connectivity index (χ1v) is 8.53. The molecule has 144 valence electrons. The summed E-state index contributed by atoms with van der Waals surface area (Å²) in [6.07, 6.45) is 0.864. The Morgan fingerprint density at radius 1 is 1.12 bits per heavy atom. The third kappa shape index (κ3) is 7.52. The summed E-state index contributed by atoms with van der Waals surface area (Å²) < 4.78 is 5.20. The van der Waals surface area contributed by atoms with Gasteiger partial charge in [0.25, 0.3) is 5.91 Å². The lowest BCUT2D eigenvalue weighted by Crippen LogP contribution is -2.27. The molecule has 1 aromatic rings. The maximum atomic E-state index is 12.0. The minimum absolute atomic E-state index is 0.0833. The molecule has 0 heterocycles. The molecule has 0 aromatic heterocycles. The van der Waals surface area contributed by atoms with Crippen LogP contribution in [0.2, 0.25) is 0 Å². The van der Waals surface area contributed by atoms with Crippen LogP contribution < -0.4 is 20.7 Å². The van der Waals surface area contributed by atoms with Gasteiger partial charge in [0, 0.05) is 32.6 Å². The van der Waals surface area contributed by atoms with Crippen molar-refractivity contribution in [3.05, 3.63) is 29.3 Å². The quantitative estimate of drug-likeness (QED) is 0.562. The van der Waals surface area contributed by atoms with Gasteiger partial charge in [0.15, 0.2) is 0 Å². The number of amides is 3. The van der Waals surface area contributed by atoms with Crippen molar-refractivity contribution in [2.75, 3.05) is 41.3 Å². The molecule has 26 heavy (non-hydrogen) atoms. The molecule has 0 saturated heterocycles. The van der Waals surface area contributed by atoms with Crippen LogP contribution in [0.4, 0.5) is 4.79 Å². The summed E-state index contributed by atoms with van der Waals surface area (Å²) in [5.41, 5.74) is 1.07. The van der Waals surface area contributed by atoms with Gasteiger partial charge in [0.2, 0.25) is 5.91 Å². The fourth-order valence-corrected chi connectivity index (χ4v) is 2.27. The molecule has 0 radical (unpaired) electrons. The standard InChI is InChI=1S/C18H28N4O4/c1-19-17(24)14-6-8-15(26-18(25)20-2)13(12-14)7-9-16(23)21-10-5-11-22(3)4/h6,8,12H,5,7,9-11H2,1-4H3,(H,19,24)(H,20,25)(H,21,23). The van der Waals surface area contributed by atoms with Crippen LogP contribution in [-0.2, 0) is 11.2 Å². The van der Waals surface area contributed by atoms with Crippen molar-refractivity contribution in [1.82, 2.24) is 20.9 Å². The first kappa shape index (κ1) is 21.4. The van der Waals surface area contributed by atoms with Gasteiger partial charge in [-0.05, 0) is 57.2 Å². The zero-order valence-electron chi connectivity index (χ0n) is 15.8. The second-order valence-electron chi connectivity index (χ2n) is 6.05. The third-order valence-electron chi connectivity index (χ3n) is 3.68. The zero-order chi connectivity index (χ0) is 19.5. The van der Waals surface area contributed by atoms with E-state index in [4.69, 9.17) is 4.74 Å². The molecule has 1 aromatic carbocycles. The topological polar surface area (TPSA) is 99.8 Å². The van der Waals surface area contributed by atoms with Crippen LogP contribution in [-0.4, -0.2) is 64.1 Å². The molecular formula is C18H28N4O4. The van der Waals surface area contributed by atoms with Gasteiger partial charge in [-0.1, -0.05) is 0 Å². The summed E-state index contributed by atoms with van der Waals surface area (Å²) in [5, 5.41) is 7.78. The number of benzene rings is 1. The Labute approximate surface area is 154 Å². The van der Waals surface area contributed by atoms with Crippen LogP contribution in [0.1, 0.15) is 28.8 Å². The molecule has 0 saturated carbocycles. The number of rotatable bonds is 9. The monoisotopic (exact) mass is 364 g/mol. The summed E-state index contributed by atoms with van der Waals surface area (Å²) in [4.78, 5) is 37.3. The summed E-state index contributed by atoms with van der Waals surface area (Å²) in [6, 6.07) is 4.77. The van der Waals surface area contributed by atoms with E-state index in [0.29, 0.717) is 29.8 Å². The lowest BCUT2D eigenvalue weighted by atomic mass is 10.0. The molecule has 8 nitrogen and oxygen atoms in total. The molecule has 0 aliphatic rings. The summed E-state index contributed by atoms with van der Waals surface area (Å²) >= 11 is 0. The van der Waals surface area contributed by atoms with Gasteiger partial charge < -0.3 is 25.6 Å². The highest BCUT2D eigenvalue weighted by atomic mass is 16.6. The average molecular weight is 364 g/mol. The highest BCUT2D eigenvalue weighted by Gasteiger charge is 2.13. The first-order valence-electron chi connectivity index (χ1n) is 8.53. The van der Waals surface area contributed by atoms with Gasteiger partial charge in [-0.25, -0.2) is 4.79 Å². The van der Waals surface area contributed by atoms with Gasteiger partial charge >= 0.3 is 6.09 Å². The van der Waals surface area contributed by atoms with Crippen LogP contribution in [0, 0.1) is 0 Å². The second kappa shape index (κ2) is 11.1. The molecule has 0 spiro atoms. The van der Waals surface area contributed by atoms with E-state index >= 15 is 0 Å². The second-order valence-corrected chi connectivity index (χ2v) is 6.05. The van der Waals surface area contributed by atoms with Crippen LogP contribution in [0.5, 0.6) is 5.75 Å². The van der Waals surface area contributed by atoms with E-state index in [2.05, 4.69) is 20.9 Å². The number of nitrogens with zero attached hydrogens (tertiary/aromatic N) is 1. The fourth-order valence-electron chi connectivity index (χ4n) is 2.27. The van der Waals surface area contributed by atoms with Crippen molar-refractivity contribution in [2.45, 2.75) is 19.3 Å². The van der Waals surface area contributed by atoms with E-state index in [0.717, 1.165) is 13.0 Å². The average Bonchev–Trinajstić information content (AvgIpc) is 2.63. The lowest BCUT2D eigenvalue weighted by molar-refractivity contribution is -0.121. The van der Waals surface area contributed by atoms with Crippen molar-refractivity contribution in [3.63, 3.8) is 0 Å². The molecule has 3 amide bonds. The maximum absolute atomic E-state index is 12.0. The molecule has 0 fully saturated rings. The van der Waals surface area contributed by atoms with E-state index < -0.39 is 6.09 Å². The molecule has 0 unspecified atom stereocenters. The zero-order valence-corrected chi connectivity index (χ0v) is 15.8. The highest BCUT2D eigenvalue weighted by molar-refractivity contribution is 5.94. The van der Waals surface area contributed by atoms with Gasteiger partial charge in [-0.15, -0.1) is 0 Å². The number of ether oxygens (including phenoxy) is 1. The fraction of sp³-hybridized carbons (Fsp3) is 0.500. The van der Waals surface area contributed by atoms with E-state index in [1.165, 1.54) is 14.1 Å². The van der Waals surface area contributed by atoms with Crippen molar-refractivity contribution < 1.29 is 19.1 Å². The third-order valence-corrected chi connectivity index (χ3v) is 3.68. The Bertz CT molecular complexity index is 632. The Balaban J connectivity index is 2.72. The Hall–Kier alpha value is -2.61. The van der Waals surface area contributed by atoms with Crippen molar-refractivity contribution >= 4 is 17.9 Å². The van der Waals surface area contributed by atoms with Gasteiger partial charge in [0.05, 0.1) is 0 Å². The van der Waals surface area contributed by atoms with Crippen molar-refractivity contribution in [2.24, 2.45) is 0 Å². The number of hydrogen-bond acceptors (Lipinski definition) is 5. The summed E-state index contributed by atoms with van der Waals surface area (Å²) in [5.74, 6) is 0.00304. The van der Waals surface area contributed by atoms with Gasteiger partial charge in [-0.2, -0.15) is 0 Å². The maximum Gasteiger partial charge on any atom is 0.412 e. The smallest absolute Gasteiger partial charge is 0.410 e. The first-order chi connectivity index (χ1) is 12.4. The Morgan fingerprint density at radius 3 is 2.46 bits per heavy atom. The predicted molar refractivity (Wildman–Crippen MR) is 99.4 cm³/mol. The molecule has 0 atom stereocenters. The molecule has 8 heteroatoms. The number of hydrogen-bond donors (Lipinski definition) is 3. The van der Waals surface area contributed by atoms with Crippen LogP contribution in [0.25, 0.3) is 0 Å². The van der Waals surface area contributed by atoms with E-state index in [1.807, 2.05) is 14.1 Å². The minimum atomic E-state index is -0.605. The molecule has 0 bridgehead atoms. The number of carbonyl (C=O) groups is 3. The SMILES string of the molecule is CNC(=O)Oc1ccc(C(=O)NC)cc1CCC(=O)NCCCN(C)C. The summed E-state index contributed by atoms with van der Waals surface area (Å²) in [6.45, 7) is 1.51. The van der Waals surface area contributed by atoms with Crippen molar-refractivity contribution in [3.8, 4) is 5.75 Å². The number of nitrogens with one attached hydrogen (secondary N) is 3. The number of carbonyl (C=O) groups excluding carboxylic acids is 3. The van der Waals surface area contributed by atoms with Crippen LogP contribution >= 0.6 is 0 Å². The van der Waals surface area contributed by atoms with Crippen molar-refractivity contribution in [1.29, 1.82) is 0 Å². The van der Waals surface area contributed by atoms with E-state index in [1.54, 1.807) is 18.2 Å². The molecule has 0 aliphatic carbocycles. The normalized spacial score (nSPS) is 10.3. The molecule has 1 rings (SSSR count). The van der Waals surface area contributed by atoms with Gasteiger partial charge in [0.1, 0.15) is 5.75 Å². The molecular weight excluding hydrogens is 336 g/mol. The van der Waals surface area contributed by atoms with Gasteiger partial charge in [-0.3, -0.25) is 9.59 Å². The minimum Gasteiger partial charge on any atom is -0.410 e. The lowest BCUT2D eigenvalue weighted by Gasteiger charge is -2.12. The Kier molecular flexibility index (Phi) is 9.14. The predicted octanol–water partition coefficient (Wildman–Crippen LogP) is 0.765. The van der Waals surface area contributed by atoms with E-state index in [9.17, 15) is 14.4 Å². The van der Waals surface area contributed by atoms with Crippen LogP contribution in [0.3, 0.4) is 0 Å². The van der Waals surface area contributed by atoms with E-state index in [-0.39, 0.29) is 18.2 Å². The summed E-state index contributed by atoms with van der Waals surface area (Å²) in [7, 11) is 6.96.